The van der Waals surface area contributed by atoms with Crippen LogP contribution in [0, 0.1) is 0 Å². The fourth-order valence-corrected chi connectivity index (χ4v) is 2.46. The van der Waals surface area contributed by atoms with Crippen molar-refractivity contribution in [1.29, 1.82) is 0 Å². The summed E-state index contributed by atoms with van der Waals surface area (Å²) in [5, 5.41) is 11.0. The van der Waals surface area contributed by atoms with Crippen molar-refractivity contribution in [2.24, 2.45) is 0 Å². The number of hydrogen-bond donors (Lipinski definition) is 2. The van der Waals surface area contributed by atoms with Crippen molar-refractivity contribution in [2.75, 3.05) is 25.4 Å². The molecule has 8 heteroatoms. The van der Waals surface area contributed by atoms with Crippen LogP contribution in [0.5, 0.6) is 11.5 Å². The maximum absolute atomic E-state index is 12.5. The van der Waals surface area contributed by atoms with Crippen molar-refractivity contribution in [3.8, 4) is 11.5 Å². The molecule has 26 heavy (non-hydrogen) atoms. The molecule has 3 N–H and O–H groups in total. The van der Waals surface area contributed by atoms with Gasteiger partial charge in [0, 0.05) is 12.1 Å². The van der Waals surface area contributed by atoms with Gasteiger partial charge in [-0.25, -0.2) is 0 Å². The van der Waals surface area contributed by atoms with Gasteiger partial charge in [-0.15, -0.1) is 10.2 Å². The lowest BCUT2D eigenvalue weighted by atomic mass is 10.1. The molecule has 0 atom stereocenters. The van der Waals surface area contributed by atoms with Crippen molar-refractivity contribution < 1.29 is 9.47 Å². The Hall–Kier alpha value is -3.55. The molecule has 2 aromatic carbocycles. The van der Waals surface area contributed by atoms with Gasteiger partial charge in [-0.2, -0.15) is 4.68 Å². The van der Waals surface area contributed by atoms with Crippen LogP contribution < -0.4 is 26.2 Å². The Morgan fingerprint density at radius 3 is 2.46 bits per heavy atom. The lowest BCUT2D eigenvalue weighted by Gasteiger charge is -2.11. The number of nitrogens with two attached hydrogens (primary N) is 1. The van der Waals surface area contributed by atoms with Crippen LogP contribution in [0.3, 0.4) is 0 Å². The van der Waals surface area contributed by atoms with Crippen molar-refractivity contribution in [1.82, 2.24) is 14.9 Å². The van der Waals surface area contributed by atoms with E-state index < -0.39 is 5.56 Å². The Bertz CT molecular complexity index is 957. The topological polar surface area (TPSA) is 104 Å². The number of methoxy groups -OCH3 is 2. The lowest BCUT2D eigenvalue weighted by molar-refractivity contribution is 0.354. The van der Waals surface area contributed by atoms with Gasteiger partial charge in [0.2, 0.25) is 5.95 Å². The van der Waals surface area contributed by atoms with Crippen LogP contribution in [0.4, 0.5) is 11.6 Å². The van der Waals surface area contributed by atoms with E-state index >= 15 is 0 Å². The van der Waals surface area contributed by atoms with Gasteiger partial charge in [0.15, 0.2) is 11.5 Å². The Morgan fingerprint density at radius 2 is 1.77 bits per heavy atom. The third-order valence-corrected chi connectivity index (χ3v) is 3.81. The van der Waals surface area contributed by atoms with Gasteiger partial charge in [-0.05, 0) is 29.8 Å². The molecule has 0 saturated heterocycles. The fraction of sp³-hybridized carbons (Fsp3) is 0.167. The number of para-hydroxylation sites is 1. The minimum absolute atomic E-state index is 0.164. The molecule has 0 aliphatic carbocycles. The Morgan fingerprint density at radius 1 is 1.04 bits per heavy atom. The quantitative estimate of drug-likeness (QED) is 0.650. The molecule has 1 heterocycles. The third kappa shape index (κ3) is 3.59. The number of nitrogen functional groups attached to an aromatic ring is 1. The Kier molecular flexibility index (Phi) is 5.02. The van der Waals surface area contributed by atoms with Crippen LogP contribution in [0.15, 0.2) is 53.3 Å². The first kappa shape index (κ1) is 17.3. The Labute approximate surface area is 150 Å². The zero-order chi connectivity index (χ0) is 18.5. The van der Waals surface area contributed by atoms with Gasteiger partial charge in [0.05, 0.1) is 14.2 Å². The standard InChI is InChI=1S/C18H19N5O3/c1-25-15-9-8-12(11-16(15)26-2)10-14-17(24)23(19)18(22-21-14)20-13-6-4-3-5-7-13/h3-9,11H,10,19H2,1-2H3,(H,20,22). The fourth-order valence-electron chi connectivity index (χ4n) is 2.46. The van der Waals surface area contributed by atoms with Crippen LogP contribution in [0.25, 0.3) is 0 Å². The predicted octanol–water partition coefficient (Wildman–Crippen LogP) is 1.70. The molecular weight excluding hydrogens is 334 g/mol. The number of ether oxygens (including phenoxy) is 2. The molecule has 0 fully saturated rings. The molecule has 0 unspecified atom stereocenters. The summed E-state index contributed by atoms with van der Waals surface area (Å²) in [4.78, 5) is 12.5. The van der Waals surface area contributed by atoms with E-state index in [2.05, 4.69) is 15.5 Å². The smallest absolute Gasteiger partial charge is 0.295 e. The average molecular weight is 353 g/mol. The molecule has 0 saturated carbocycles. The van der Waals surface area contributed by atoms with E-state index in [9.17, 15) is 4.79 Å². The van der Waals surface area contributed by atoms with Gasteiger partial charge in [-0.3, -0.25) is 4.79 Å². The number of rotatable bonds is 6. The summed E-state index contributed by atoms with van der Waals surface area (Å²) in [5.41, 5.74) is 1.40. The highest BCUT2D eigenvalue weighted by Crippen LogP contribution is 2.28. The highest BCUT2D eigenvalue weighted by Gasteiger charge is 2.12. The minimum Gasteiger partial charge on any atom is -0.493 e. The summed E-state index contributed by atoms with van der Waals surface area (Å²) >= 11 is 0. The van der Waals surface area contributed by atoms with Crippen molar-refractivity contribution in [3.05, 3.63) is 70.1 Å². The van der Waals surface area contributed by atoms with E-state index in [1.807, 2.05) is 36.4 Å². The van der Waals surface area contributed by atoms with Gasteiger partial charge < -0.3 is 20.6 Å². The van der Waals surface area contributed by atoms with Crippen LogP contribution in [-0.2, 0) is 6.42 Å². The first-order valence-electron chi connectivity index (χ1n) is 7.89. The maximum Gasteiger partial charge on any atom is 0.295 e. The first-order valence-corrected chi connectivity index (χ1v) is 7.89. The molecule has 0 aliphatic rings. The second kappa shape index (κ2) is 7.56. The molecule has 3 aromatic rings. The molecule has 0 spiro atoms. The van der Waals surface area contributed by atoms with E-state index in [0.29, 0.717) is 11.5 Å². The van der Waals surface area contributed by atoms with Crippen LogP contribution in [0.1, 0.15) is 11.3 Å². The molecule has 3 rings (SSSR count). The zero-order valence-corrected chi connectivity index (χ0v) is 14.5. The van der Waals surface area contributed by atoms with Crippen molar-refractivity contribution in [3.63, 3.8) is 0 Å². The number of anilines is 2. The summed E-state index contributed by atoms with van der Waals surface area (Å²) < 4.78 is 11.4. The van der Waals surface area contributed by atoms with E-state index in [1.54, 1.807) is 26.4 Å². The number of hydrogen-bond acceptors (Lipinski definition) is 7. The number of benzene rings is 2. The van der Waals surface area contributed by atoms with Gasteiger partial charge >= 0.3 is 0 Å². The maximum atomic E-state index is 12.5. The van der Waals surface area contributed by atoms with Gasteiger partial charge in [0.25, 0.3) is 5.56 Å². The second-order valence-electron chi connectivity index (χ2n) is 5.50. The first-order chi connectivity index (χ1) is 12.6. The van der Waals surface area contributed by atoms with Gasteiger partial charge in [-0.1, -0.05) is 24.3 Å². The molecule has 1 aromatic heterocycles. The van der Waals surface area contributed by atoms with Gasteiger partial charge in [0.1, 0.15) is 5.69 Å². The Balaban J connectivity index is 1.86. The third-order valence-electron chi connectivity index (χ3n) is 3.81. The molecule has 0 aliphatic heterocycles. The summed E-state index contributed by atoms with van der Waals surface area (Å²) in [6.45, 7) is 0. The van der Waals surface area contributed by atoms with E-state index in [-0.39, 0.29) is 18.1 Å². The van der Waals surface area contributed by atoms with E-state index in [4.69, 9.17) is 15.3 Å². The SMILES string of the molecule is COc1ccc(Cc2nnc(Nc3ccccc3)n(N)c2=O)cc1OC. The predicted molar refractivity (Wildman–Crippen MR) is 98.5 cm³/mol. The minimum atomic E-state index is -0.423. The highest BCUT2D eigenvalue weighted by molar-refractivity contribution is 5.52. The number of nitrogens with zero attached hydrogens (tertiary/aromatic N) is 3. The van der Waals surface area contributed by atoms with Crippen molar-refractivity contribution in [2.45, 2.75) is 6.42 Å². The highest BCUT2D eigenvalue weighted by atomic mass is 16.5. The summed E-state index contributed by atoms with van der Waals surface area (Å²) in [6.07, 6.45) is 0.273. The lowest BCUT2D eigenvalue weighted by Crippen LogP contribution is -2.34. The molecule has 0 radical (unpaired) electrons. The number of aromatic nitrogens is 3. The average Bonchev–Trinajstić information content (AvgIpc) is 2.68. The zero-order valence-electron chi connectivity index (χ0n) is 14.5. The van der Waals surface area contributed by atoms with Crippen molar-refractivity contribution >= 4 is 11.6 Å². The normalized spacial score (nSPS) is 10.4. The van der Waals surface area contributed by atoms with Crippen LogP contribution >= 0.6 is 0 Å². The summed E-state index contributed by atoms with van der Waals surface area (Å²) in [6, 6.07) is 14.7. The molecular formula is C18H19N5O3. The monoisotopic (exact) mass is 353 g/mol. The molecule has 8 nitrogen and oxygen atoms in total. The summed E-state index contributed by atoms with van der Waals surface area (Å²) in [7, 11) is 3.12. The molecule has 0 bridgehead atoms. The summed E-state index contributed by atoms with van der Waals surface area (Å²) in [5.74, 6) is 7.23. The van der Waals surface area contributed by atoms with E-state index in [1.165, 1.54) is 0 Å². The second-order valence-corrected chi connectivity index (χ2v) is 5.50. The number of nitrogens with one attached hydrogen (secondary N) is 1. The van der Waals surface area contributed by atoms with Crippen LogP contribution in [-0.4, -0.2) is 29.1 Å². The van der Waals surface area contributed by atoms with Crippen LogP contribution in [0.2, 0.25) is 0 Å². The largest absolute Gasteiger partial charge is 0.493 e. The van der Waals surface area contributed by atoms with E-state index in [0.717, 1.165) is 15.9 Å². The molecule has 0 amide bonds. The molecule has 134 valence electrons.